The van der Waals surface area contributed by atoms with Crippen LogP contribution in [0.5, 0.6) is 0 Å². The van der Waals surface area contributed by atoms with E-state index in [1.54, 1.807) is 12.1 Å². The van der Waals surface area contributed by atoms with Crippen LogP contribution in [0.3, 0.4) is 0 Å². The van der Waals surface area contributed by atoms with Crippen molar-refractivity contribution in [3.63, 3.8) is 0 Å². The molecule has 0 radical (unpaired) electrons. The molecule has 1 aromatic carbocycles. The summed E-state index contributed by atoms with van der Waals surface area (Å²) in [5, 5.41) is 10.5. The van der Waals surface area contributed by atoms with Gasteiger partial charge in [0.2, 0.25) is 0 Å². The maximum Gasteiger partial charge on any atom is 0.269 e. The molecule has 0 aliphatic carbocycles. The Morgan fingerprint density at radius 1 is 1.33 bits per heavy atom. The van der Waals surface area contributed by atoms with Gasteiger partial charge in [-0.2, -0.15) is 0 Å². The third-order valence-electron chi connectivity index (χ3n) is 2.49. The van der Waals surface area contributed by atoms with Crippen LogP contribution in [0.25, 0.3) is 0 Å². The smallest absolute Gasteiger partial charge is 0.258 e. The van der Waals surface area contributed by atoms with E-state index in [0.717, 1.165) is 12.0 Å². The minimum Gasteiger partial charge on any atom is -0.258 e. The van der Waals surface area contributed by atoms with E-state index in [1.807, 2.05) is 6.92 Å². The van der Waals surface area contributed by atoms with Gasteiger partial charge in [0, 0.05) is 17.5 Å². The fraction of sp³-hybridized carbons (Fsp3) is 0.455. The lowest BCUT2D eigenvalue weighted by Gasteiger charge is -2.13. The number of hydrogen-bond donors (Lipinski definition) is 0. The highest BCUT2D eigenvalue weighted by Crippen LogP contribution is 2.18. The second-order valence-electron chi connectivity index (χ2n) is 3.78. The van der Waals surface area contributed by atoms with E-state index in [9.17, 15) is 10.1 Å². The summed E-state index contributed by atoms with van der Waals surface area (Å²) in [5.74, 6) is 0.369. The molecule has 0 aromatic heterocycles. The van der Waals surface area contributed by atoms with Crippen LogP contribution in [0.1, 0.15) is 19.4 Å². The molecule has 82 valence electrons. The predicted octanol–water partition coefficient (Wildman–Crippen LogP) is 3.40. The maximum absolute atomic E-state index is 10.4. The third kappa shape index (κ3) is 3.51. The van der Waals surface area contributed by atoms with Gasteiger partial charge in [-0.1, -0.05) is 19.1 Å². The first-order valence-corrected chi connectivity index (χ1v) is 5.31. The van der Waals surface area contributed by atoms with Crippen LogP contribution in [0.15, 0.2) is 24.3 Å². The van der Waals surface area contributed by atoms with Crippen molar-refractivity contribution in [2.75, 3.05) is 0 Å². The number of nitrogens with zero attached hydrogens (tertiary/aromatic N) is 1. The second kappa shape index (κ2) is 5.12. The summed E-state index contributed by atoms with van der Waals surface area (Å²) in [7, 11) is 0. The Morgan fingerprint density at radius 2 is 1.87 bits per heavy atom. The van der Waals surface area contributed by atoms with Gasteiger partial charge in [0.05, 0.1) is 4.92 Å². The maximum atomic E-state index is 10.4. The zero-order valence-corrected chi connectivity index (χ0v) is 9.57. The van der Waals surface area contributed by atoms with E-state index in [2.05, 4.69) is 6.92 Å². The van der Waals surface area contributed by atoms with E-state index in [-0.39, 0.29) is 11.1 Å². The average molecular weight is 228 g/mol. The lowest BCUT2D eigenvalue weighted by Crippen LogP contribution is -2.10. The largest absolute Gasteiger partial charge is 0.269 e. The number of nitro groups is 1. The summed E-state index contributed by atoms with van der Waals surface area (Å²) in [6, 6.07) is 6.63. The topological polar surface area (TPSA) is 43.1 Å². The Labute approximate surface area is 94.2 Å². The Kier molecular flexibility index (Phi) is 4.09. The minimum atomic E-state index is -0.391. The Bertz CT molecular complexity index is 335. The van der Waals surface area contributed by atoms with Crippen molar-refractivity contribution in [3.8, 4) is 0 Å². The van der Waals surface area contributed by atoms with E-state index >= 15 is 0 Å². The molecule has 0 fully saturated rings. The van der Waals surface area contributed by atoms with Crippen molar-refractivity contribution in [3.05, 3.63) is 39.9 Å². The molecule has 0 heterocycles. The molecule has 4 heteroatoms. The van der Waals surface area contributed by atoms with Gasteiger partial charge < -0.3 is 0 Å². The summed E-state index contributed by atoms with van der Waals surface area (Å²) in [4.78, 5) is 10.0. The normalized spacial score (nSPS) is 14.6. The molecule has 0 amide bonds. The molecule has 0 saturated carbocycles. The summed E-state index contributed by atoms with van der Waals surface area (Å²) >= 11 is 5.95. The molecule has 2 unspecified atom stereocenters. The molecule has 0 aliphatic rings. The van der Waals surface area contributed by atoms with Crippen LogP contribution in [-0.2, 0) is 6.42 Å². The van der Waals surface area contributed by atoms with Gasteiger partial charge in [-0.05, 0) is 24.8 Å². The standard InChI is InChI=1S/C11H14ClNO2/c1-8(9(2)12)7-10-3-5-11(6-4-10)13(14)15/h3-6,8-9H,7H2,1-2H3. The molecule has 0 spiro atoms. The number of rotatable bonds is 4. The van der Waals surface area contributed by atoms with E-state index in [4.69, 9.17) is 11.6 Å². The molecular formula is C11H14ClNO2. The molecule has 1 aromatic rings. The van der Waals surface area contributed by atoms with Crippen molar-refractivity contribution >= 4 is 17.3 Å². The SMILES string of the molecule is CC(Cl)C(C)Cc1ccc([N+](=O)[O-])cc1. The number of non-ortho nitro benzene ring substituents is 1. The first-order valence-electron chi connectivity index (χ1n) is 4.88. The zero-order valence-electron chi connectivity index (χ0n) is 8.81. The molecular weight excluding hydrogens is 214 g/mol. The number of halogens is 1. The summed E-state index contributed by atoms with van der Waals surface area (Å²) in [5.41, 5.74) is 1.21. The van der Waals surface area contributed by atoms with Gasteiger partial charge in [0.25, 0.3) is 5.69 Å². The first kappa shape index (κ1) is 12.0. The molecule has 15 heavy (non-hydrogen) atoms. The van der Waals surface area contributed by atoms with Gasteiger partial charge >= 0.3 is 0 Å². The highest BCUT2D eigenvalue weighted by Gasteiger charge is 2.11. The van der Waals surface area contributed by atoms with Crippen LogP contribution in [0, 0.1) is 16.0 Å². The first-order chi connectivity index (χ1) is 7.00. The van der Waals surface area contributed by atoms with Crippen molar-refractivity contribution in [1.82, 2.24) is 0 Å². The van der Waals surface area contributed by atoms with Crippen LogP contribution in [-0.4, -0.2) is 10.3 Å². The van der Waals surface area contributed by atoms with Crippen LogP contribution < -0.4 is 0 Å². The number of alkyl halides is 1. The zero-order chi connectivity index (χ0) is 11.4. The fourth-order valence-corrected chi connectivity index (χ4v) is 1.38. The second-order valence-corrected chi connectivity index (χ2v) is 4.47. The Balaban J connectivity index is 2.68. The lowest BCUT2D eigenvalue weighted by atomic mass is 9.98. The van der Waals surface area contributed by atoms with Crippen LogP contribution in [0.4, 0.5) is 5.69 Å². The quantitative estimate of drug-likeness (QED) is 0.450. The minimum absolute atomic E-state index is 0.111. The molecule has 0 bridgehead atoms. The third-order valence-corrected chi connectivity index (χ3v) is 2.92. The van der Waals surface area contributed by atoms with Crippen LogP contribution in [0.2, 0.25) is 0 Å². The average Bonchev–Trinajstić information content (AvgIpc) is 2.18. The molecule has 2 atom stereocenters. The number of hydrogen-bond acceptors (Lipinski definition) is 2. The van der Waals surface area contributed by atoms with Gasteiger partial charge in [0.1, 0.15) is 0 Å². The number of nitro benzene ring substituents is 1. The Hall–Kier alpha value is -1.09. The van der Waals surface area contributed by atoms with Crippen molar-refractivity contribution in [2.24, 2.45) is 5.92 Å². The van der Waals surface area contributed by atoms with Gasteiger partial charge in [-0.15, -0.1) is 11.6 Å². The van der Waals surface area contributed by atoms with E-state index in [0.29, 0.717) is 5.92 Å². The van der Waals surface area contributed by atoms with Crippen molar-refractivity contribution < 1.29 is 4.92 Å². The molecule has 0 N–H and O–H groups in total. The highest BCUT2D eigenvalue weighted by molar-refractivity contribution is 6.20. The van der Waals surface area contributed by atoms with E-state index < -0.39 is 4.92 Å². The van der Waals surface area contributed by atoms with Crippen molar-refractivity contribution in [2.45, 2.75) is 25.6 Å². The van der Waals surface area contributed by atoms with Gasteiger partial charge in [0.15, 0.2) is 0 Å². The monoisotopic (exact) mass is 227 g/mol. The van der Waals surface area contributed by atoms with Gasteiger partial charge in [-0.25, -0.2) is 0 Å². The van der Waals surface area contributed by atoms with E-state index in [1.165, 1.54) is 12.1 Å². The molecule has 3 nitrogen and oxygen atoms in total. The summed E-state index contributed by atoms with van der Waals surface area (Å²) in [6.07, 6.45) is 0.850. The molecule has 1 rings (SSSR count). The summed E-state index contributed by atoms with van der Waals surface area (Å²) in [6.45, 7) is 4.02. The van der Waals surface area contributed by atoms with Gasteiger partial charge in [-0.3, -0.25) is 10.1 Å². The lowest BCUT2D eigenvalue weighted by molar-refractivity contribution is -0.384. The fourth-order valence-electron chi connectivity index (χ4n) is 1.29. The number of benzene rings is 1. The highest BCUT2D eigenvalue weighted by atomic mass is 35.5. The Morgan fingerprint density at radius 3 is 2.27 bits per heavy atom. The predicted molar refractivity (Wildman–Crippen MR) is 61.3 cm³/mol. The van der Waals surface area contributed by atoms with Crippen molar-refractivity contribution in [1.29, 1.82) is 0 Å². The molecule has 0 saturated heterocycles. The molecule has 0 aliphatic heterocycles. The summed E-state index contributed by atoms with van der Waals surface area (Å²) < 4.78 is 0. The van der Waals surface area contributed by atoms with Crippen LogP contribution >= 0.6 is 11.6 Å².